The molecule has 0 radical (unpaired) electrons. The Morgan fingerprint density at radius 3 is 2.55 bits per heavy atom. The first kappa shape index (κ1) is 10.5. The van der Waals surface area contributed by atoms with Crippen LogP contribution in [0.25, 0.3) is 0 Å². The smallest absolute Gasteiger partial charge is 0.0290 e. The molecule has 0 heterocycles. The highest BCUT2D eigenvalue weighted by molar-refractivity contribution is 4.90. The zero-order chi connectivity index (χ0) is 8.69. The van der Waals surface area contributed by atoms with E-state index in [1.54, 1.807) is 0 Å². The van der Waals surface area contributed by atoms with Crippen LogP contribution in [0.2, 0.25) is 0 Å². The molecule has 0 aliphatic heterocycles. The minimum atomic E-state index is 0.694. The van der Waals surface area contributed by atoms with E-state index in [1.165, 1.54) is 24.8 Å². The van der Waals surface area contributed by atoms with Gasteiger partial charge in [0.2, 0.25) is 0 Å². The van der Waals surface area contributed by atoms with Gasteiger partial charge in [-0.25, -0.2) is 0 Å². The Kier molecular flexibility index (Phi) is 5.91. The van der Waals surface area contributed by atoms with Crippen LogP contribution in [0, 0.1) is 5.92 Å². The highest BCUT2D eigenvalue weighted by Crippen LogP contribution is 2.05. The van der Waals surface area contributed by atoms with E-state index in [0.717, 1.165) is 0 Å². The highest BCUT2D eigenvalue weighted by atomic mass is 13.9. The second kappa shape index (κ2) is 6.21. The standard InChI is InChI=1S/C11H20/c1-10(2)8-6-5-7-9-11(3)4/h7,9,11H,1,5-6,8H2,2-4H3. The van der Waals surface area contributed by atoms with Crippen LogP contribution in [0.5, 0.6) is 0 Å². The van der Waals surface area contributed by atoms with Gasteiger partial charge >= 0.3 is 0 Å². The molecule has 0 amide bonds. The van der Waals surface area contributed by atoms with E-state index in [2.05, 4.69) is 39.5 Å². The van der Waals surface area contributed by atoms with Crippen molar-refractivity contribution in [2.24, 2.45) is 5.92 Å². The van der Waals surface area contributed by atoms with E-state index in [1.807, 2.05) is 0 Å². The molecule has 0 unspecified atom stereocenters. The Morgan fingerprint density at radius 1 is 1.45 bits per heavy atom. The lowest BCUT2D eigenvalue weighted by molar-refractivity contribution is 0.798. The van der Waals surface area contributed by atoms with Crippen molar-refractivity contribution in [3.8, 4) is 0 Å². The molecule has 0 spiro atoms. The molecule has 0 aromatic heterocycles. The summed E-state index contributed by atoms with van der Waals surface area (Å²) in [6.45, 7) is 10.4. The van der Waals surface area contributed by atoms with Gasteiger partial charge in [-0.1, -0.05) is 31.6 Å². The zero-order valence-electron chi connectivity index (χ0n) is 8.06. The van der Waals surface area contributed by atoms with Gasteiger partial charge in [0.15, 0.2) is 0 Å². The van der Waals surface area contributed by atoms with E-state index in [9.17, 15) is 0 Å². The van der Waals surface area contributed by atoms with Crippen molar-refractivity contribution in [2.75, 3.05) is 0 Å². The maximum absolute atomic E-state index is 3.86. The van der Waals surface area contributed by atoms with E-state index >= 15 is 0 Å². The van der Waals surface area contributed by atoms with Gasteiger partial charge in [0.1, 0.15) is 0 Å². The quantitative estimate of drug-likeness (QED) is 0.413. The molecule has 0 aliphatic rings. The number of hydrogen-bond acceptors (Lipinski definition) is 0. The van der Waals surface area contributed by atoms with E-state index < -0.39 is 0 Å². The molecule has 0 rings (SSSR count). The van der Waals surface area contributed by atoms with Gasteiger partial charge in [-0.2, -0.15) is 0 Å². The lowest BCUT2D eigenvalue weighted by Crippen LogP contribution is -1.78. The van der Waals surface area contributed by atoms with Crippen LogP contribution in [0.1, 0.15) is 40.0 Å². The zero-order valence-corrected chi connectivity index (χ0v) is 8.06. The van der Waals surface area contributed by atoms with E-state index in [0.29, 0.717) is 5.92 Å². The Balaban J connectivity index is 3.20. The predicted molar refractivity (Wildman–Crippen MR) is 52.6 cm³/mol. The lowest BCUT2D eigenvalue weighted by Gasteiger charge is -1.96. The molecule has 0 heteroatoms. The molecule has 0 N–H and O–H groups in total. The second-order valence-corrected chi connectivity index (χ2v) is 3.52. The molecule has 0 aromatic rings. The van der Waals surface area contributed by atoms with Crippen molar-refractivity contribution >= 4 is 0 Å². The van der Waals surface area contributed by atoms with Gasteiger partial charge in [-0.15, -0.1) is 6.58 Å². The first-order valence-electron chi connectivity index (χ1n) is 4.44. The summed E-state index contributed by atoms with van der Waals surface area (Å²) < 4.78 is 0. The number of hydrogen-bond donors (Lipinski definition) is 0. The van der Waals surface area contributed by atoms with Crippen molar-refractivity contribution in [3.63, 3.8) is 0 Å². The van der Waals surface area contributed by atoms with E-state index in [-0.39, 0.29) is 0 Å². The van der Waals surface area contributed by atoms with Crippen molar-refractivity contribution in [3.05, 3.63) is 24.3 Å². The minimum absolute atomic E-state index is 0.694. The lowest BCUT2D eigenvalue weighted by atomic mass is 10.1. The average Bonchev–Trinajstić information content (AvgIpc) is 1.85. The summed E-state index contributed by atoms with van der Waals surface area (Å²) in [5.74, 6) is 0.694. The number of rotatable bonds is 5. The SMILES string of the molecule is C=C(C)CCCC=CC(C)C. The summed E-state index contributed by atoms with van der Waals surface area (Å²) in [5.41, 5.74) is 1.29. The molecule has 0 atom stereocenters. The summed E-state index contributed by atoms with van der Waals surface area (Å²) in [4.78, 5) is 0. The molecule has 0 aromatic carbocycles. The summed E-state index contributed by atoms with van der Waals surface area (Å²) in [7, 11) is 0. The van der Waals surface area contributed by atoms with Gasteiger partial charge in [0.25, 0.3) is 0 Å². The van der Waals surface area contributed by atoms with Crippen molar-refractivity contribution in [2.45, 2.75) is 40.0 Å². The monoisotopic (exact) mass is 152 g/mol. The average molecular weight is 152 g/mol. The van der Waals surface area contributed by atoms with Gasteiger partial charge in [0, 0.05) is 0 Å². The van der Waals surface area contributed by atoms with Crippen LogP contribution in [0.15, 0.2) is 24.3 Å². The molecule has 0 saturated carbocycles. The molecular weight excluding hydrogens is 132 g/mol. The van der Waals surface area contributed by atoms with Crippen LogP contribution >= 0.6 is 0 Å². The van der Waals surface area contributed by atoms with E-state index in [4.69, 9.17) is 0 Å². The van der Waals surface area contributed by atoms with Gasteiger partial charge < -0.3 is 0 Å². The number of allylic oxidation sites excluding steroid dienone is 3. The normalized spacial score (nSPS) is 11.3. The van der Waals surface area contributed by atoms with Gasteiger partial charge in [-0.05, 0) is 32.1 Å². The van der Waals surface area contributed by atoms with Crippen molar-refractivity contribution in [1.82, 2.24) is 0 Å². The van der Waals surface area contributed by atoms with Crippen LogP contribution in [-0.2, 0) is 0 Å². The molecule has 0 bridgehead atoms. The third-order valence-corrected chi connectivity index (χ3v) is 1.50. The number of unbranched alkanes of at least 4 members (excludes halogenated alkanes) is 1. The summed E-state index contributed by atoms with van der Waals surface area (Å²) in [6.07, 6.45) is 8.15. The topological polar surface area (TPSA) is 0 Å². The molecule has 0 saturated heterocycles. The fourth-order valence-corrected chi connectivity index (χ4v) is 0.890. The van der Waals surface area contributed by atoms with Crippen LogP contribution < -0.4 is 0 Å². The highest BCUT2D eigenvalue weighted by Gasteiger charge is 1.86. The first-order chi connectivity index (χ1) is 5.13. The van der Waals surface area contributed by atoms with Gasteiger partial charge in [0.05, 0.1) is 0 Å². The third kappa shape index (κ3) is 9.48. The summed E-state index contributed by atoms with van der Waals surface area (Å²) >= 11 is 0. The van der Waals surface area contributed by atoms with Crippen LogP contribution in [0.4, 0.5) is 0 Å². The largest absolute Gasteiger partial charge is 0.100 e. The Morgan fingerprint density at radius 2 is 2.09 bits per heavy atom. The van der Waals surface area contributed by atoms with Crippen molar-refractivity contribution in [1.29, 1.82) is 0 Å². The van der Waals surface area contributed by atoms with Crippen LogP contribution in [-0.4, -0.2) is 0 Å². The molecule has 64 valence electrons. The maximum atomic E-state index is 3.86. The third-order valence-electron chi connectivity index (χ3n) is 1.50. The Bertz CT molecular complexity index is 129. The minimum Gasteiger partial charge on any atom is -0.100 e. The first-order valence-corrected chi connectivity index (χ1v) is 4.44. The summed E-state index contributed by atoms with van der Waals surface area (Å²) in [6, 6.07) is 0. The van der Waals surface area contributed by atoms with Crippen LogP contribution in [0.3, 0.4) is 0 Å². The Labute approximate surface area is 71.0 Å². The fourth-order valence-electron chi connectivity index (χ4n) is 0.890. The fraction of sp³-hybridized carbons (Fsp3) is 0.636. The Hall–Kier alpha value is -0.520. The molecular formula is C11H20. The summed E-state index contributed by atoms with van der Waals surface area (Å²) in [5, 5.41) is 0. The molecule has 0 aliphatic carbocycles. The molecule has 0 nitrogen and oxygen atoms in total. The maximum Gasteiger partial charge on any atom is -0.0290 e. The molecule has 11 heavy (non-hydrogen) atoms. The van der Waals surface area contributed by atoms with Gasteiger partial charge in [-0.3, -0.25) is 0 Å². The van der Waals surface area contributed by atoms with Crippen molar-refractivity contribution < 1.29 is 0 Å². The second-order valence-electron chi connectivity index (χ2n) is 3.52. The molecule has 0 fully saturated rings. The predicted octanol–water partition coefficient (Wildman–Crippen LogP) is 3.95.